The lowest BCUT2D eigenvalue weighted by Crippen LogP contribution is -2.21. The Bertz CT molecular complexity index is 1320. The van der Waals surface area contributed by atoms with Crippen LogP contribution < -0.4 is 4.31 Å². The van der Waals surface area contributed by atoms with Gasteiger partial charge in [0.15, 0.2) is 0 Å². The number of anilines is 2. The Morgan fingerprint density at radius 2 is 1.44 bits per heavy atom. The summed E-state index contributed by atoms with van der Waals surface area (Å²) in [6, 6.07) is 24.1. The zero-order valence-corrected chi connectivity index (χ0v) is 19.4. The van der Waals surface area contributed by atoms with E-state index < -0.39 is 17.2 Å². The topological polar surface area (TPSA) is 90.7 Å². The molecular weight excluding hydrogens is 448 g/mol. The third-order valence-electron chi connectivity index (χ3n) is 5.84. The lowest BCUT2D eigenvalue weighted by molar-refractivity contribution is 0.0695. The number of aromatic nitrogens is 1. The van der Waals surface area contributed by atoms with Crippen LogP contribution in [0.3, 0.4) is 0 Å². The minimum absolute atomic E-state index is 0.359. The number of carbonyl (C=O) groups is 1. The molecule has 0 amide bonds. The van der Waals surface area contributed by atoms with Crippen molar-refractivity contribution in [3.05, 3.63) is 102 Å². The summed E-state index contributed by atoms with van der Waals surface area (Å²) >= 11 is -2.27. The summed E-state index contributed by atoms with van der Waals surface area (Å²) in [4.78, 5) is 15.8. The van der Waals surface area contributed by atoms with Gasteiger partial charge in [-0.1, -0.05) is 61.0 Å². The van der Waals surface area contributed by atoms with E-state index in [1.54, 1.807) is 24.4 Å². The van der Waals surface area contributed by atoms with Crippen molar-refractivity contribution in [1.82, 2.24) is 4.98 Å². The van der Waals surface area contributed by atoms with E-state index in [9.17, 15) is 18.7 Å². The number of pyridine rings is 1. The van der Waals surface area contributed by atoms with Gasteiger partial charge in [-0.05, 0) is 61.1 Å². The van der Waals surface area contributed by atoms with Crippen LogP contribution in [0.4, 0.5) is 11.4 Å². The SMILES string of the molecule is O=C(O)c1ccccc1CCCCCc1ccccc1N(c1cccc2cccnc12)S(=O)O. The van der Waals surface area contributed by atoms with E-state index in [1.807, 2.05) is 60.7 Å². The number of carboxylic acid groups (broad SMARTS) is 1. The summed E-state index contributed by atoms with van der Waals surface area (Å²) in [5, 5.41) is 10.2. The molecule has 0 fully saturated rings. The molecule has 0 aliphatic rings. The van der Waals surface area contributed by atoms with E-state index in [0.717, 1.165) is 42.2 Å². The first-order chi connectivity index (χ1) is 16.6. The fourth-order valence-corrected chi connectivity index (χ4v) is 4.89. The normalized spacial score (nSPS) is 11.9. The van der Waals surface area contributed by atoms with Gasteiger partial charge >= 0.3 is 5.97 Å². The van der Waals surface area contributed by atoms with E-state index in [1.165, 1.54) is 4.31 Å². The van der Waals surface area contributed by atoms with Crippen molar-refractivity contribution in [3.63, 3.8) is 0 Å². The van der Waals surface area contributed by atoms with Crippen molar-refractivity contribution in [2.75, 3.05) is 4.31 Å². The minimum atomic E-state index is -2.27. The second-order valence-electron chi connectivity index (χ2n) is 8.03. The quantitative estimate of drug-likeness (QED) is 0.212. The molecule has 1 heterocycles. The van der Waals surface area contributed by atoms with Gasteiger partial charge in [0.2, 0.25) is 0 Å². The van der Waals surface area contributed by atoms with Gasteiger partial charge in [-0.25, -0.2) is 13.3 Å². The van der Waals surface area contributed by atoms with Gasteiger partial charge in [0.1, 0.15) is 0 Å². The molecule has 4 aromatic rings. The number of aryl methyl sites for hydroxylation is 2. The predicted octanol–water partition coefficient (Wildman–Crippen LogP) is 6.16. The van der Waals surface area contributed by atoms with Crippen molar-refractivity contribution in [2.24, 2.45) is 0 Å². The molecule has 2 N–H and O–H groups in total. The van der Waals surface area contributed by atoms with Crippen LogP contribution in [0.5, 0.6) is 0 Å². The molecule has 7 heteroatoms. The molecule has 1 unspecified atom stereocenters. The second-order valence-corrected chi connectivity index (χ2v) is 8.86. The molecule has 0 bridgehead atoms. The van der Waals surface area contributed by atoms with Gasteiger partial charge in [-0.2, -0.15) is 0 Å². The van der Waals surface area contributed by atoms with Crippen LogP contribution in [0.15, 0.2) is 85.1 Å². The van der Waals surface area contributed by atoms with Crippen LogP contribution >= 0.6 is 0 Å². The van der Waals surface area contributed by atoms with Crippen LogP contribution in [-0.4, -0.2) is 24.8 Å². The Labute approximate surface area is 201 Å². The predicted molar refractivity (Wildman–Crippen MR) is 136 cm³/mol. The third kappa shape index (κ3) is 5.32. The van der Waals surface area contributed by atoms with Crippen molar-refractivity contribution >= 4 is 39.5 Å². The van der Waals surface area contributed by atoms with Gasteiger partial charge < -0.3 is 5.11 Å². The molecule has 1 aromatic heterocycles. The van der Waals surface area contributed by atoms with E-state index in [2.05, 4.69) is 4.98 Å². The number of carboxylic acids is 1. The van der Waals surface area contributed by atoms with Crippen LogP contribution in [0.2, 0.25) is 0 Å². The number of rotatable bonds is 10. The number of unbranched alkanes of at least 4 members (excludes halogenated alkanes) is 2. The average molecular weight is 475 g/mol. The monoisotopic (exact) mass is 474 g/mol. The largest absolute Gasteiger partial charge is 0.478 e. The summed E-state index contributed by atoms with van der Waals surface area (Å²) in [6.45, 7) is 0. The molecule has 34 heavy (non-hydrogen) atoms. The Morgan fingerprint density at radius 3 is 2.21 bits per heavy atom. The van der Waals surface area contributed by atoms with Gasteiger partial charge in [0.25, 0.3) is 11.3 Å². The Hall–Kier alpha value is -3.55. The zero-order chi connectivity index (χ0) is 23.9. The number of aromatic carboxylic acids is 1. The maximum atomic E-state index is 12.5. The van der Waals surface area contributed by atoms with Crippen molar-refractivity contribution < 1.29 is 18.7 Å². The molecule has 0 saturated heterocycles. The van der Waals surface area contributed by atoms with Crippen molar-refractivity contribution in [2.45, 2.75) is 32.1 Å². The summed E-state index contributed by atoms with van der Waals surface area (Å²) in [6.07, 6.45) is 5.79. The Morgan fingerprint density at radius 1 is 0.794 bits per heavy atom. The molecule has 6 nitrogen and oxygen atoms in total. The fourth-order valence-electron chi connectivity index (χ4n) is 4.23. The summed E-state index contributed by atoms with van der Waals surface area (Å²) in [7, 11) is 0. The van der Waals surface area contributed by atoms with Crippen LogP contribution in [0.25, 0.3) is 10.9 Å². The fraction of sp³-hybridized carbons (Fsp3) is 0.185. The number of nitrogens with zero attached hydrogens (tertiary/aromatic N) is 2. The van der Waals surface area contributed by atoms with E-state index in [0.29, 0.717) is 28.9 Å². The number of fused-ring (bicyclic) bond motifs is 1. The smallest absolute Gasteiger partial charge is 0.335 e. The van der Waals surface area contributed by atoms with E-state index in [-0.39, 0.29) is 0 Å². The summed E-state index contributed by atoms with van der Waals surface area (Å²) in [5.74, 6) is -0.899. The minimum Gasteiger partial charge on any atom is -0.478 e. The Kier molecular flexibility index (Phi) is 7.67. The molecular formula is C27H26N2O4S. The second kappa shape index (κ2) is 11.0. The molecule has 3 aromatic carbocycles. The van der Waals surface area contributed by atoms with Gasteiger partial charge in [0.05, 0.1) is 22.5 Å². The molecule has 4 rings (SSSR count). The maximum absolute atomic E-state index is 12.5. The molecule has 174 valence electrons. The van der Waals surface area contributed by atoms with Crippen molar-refractivity contribution in [3.8, 4) is 0 Å². The van der Waals surface area contributed by atoms with Crippen molar-refractivity contribution in [1.29, 1.82) is 0 Å². The highest BCUT2D eigenvalue weighted by Gasteiger charge is 2.21. The molecule has 0 aliphatic carbocycles. The first kappa shape index (κ1) is 23.6. The first-order valence-corrected chi connectivity index (χ1v) is 12.3. The average Bonchev–Trinajstić information content (AvgIpc) is 2.85. The standard InChI is InChI=1S/C27H26N2O4S/c30-27(31)23-16-6-4-11-20(23)10-2-1-3-12-21-13-5-7-17-24(21)29(34(32)33)25-18-8-14-22-15-9-19-28-26(22)25/h4-9,11,13-19H,1-3,10,12H2,(H,30,31)(H,32,33). The maximum Gasteiger partial charge on any atom is 0.335 e. The van der Waals surface area contributed by atoms with Crippen LogP contribution in [0.1, 0.15) is 40.7 Å². The van der Waals surface area contributed by atoms with Crippen LogP contribution in [-0.2, 0) is 24.1 Å². The number of para-hydroxylation sites is 2. The number of hydrogen-bond acceptors (Lipinski definition) is 3. The molecule has 0 radical (unpaired) electrons. The molecule has 1 atom stereocenters. The van der Waals surface area contributed by atoms with Crippen LogP contribution in [0, 0.1) is 0 Å². The zero-order valence-electron chi connectivity index (χ0n) is 18.6. The summed E-state index contributed by atoms with van der Waals surface area (Å²) in [5.41, 5.74) is 4.11. The molecule has 0 saturated carbocycles. The van der Waals surface area contributed by atoms with E-state index >= 15 is 0 Å². The van der Waals surface area contributed by atoms with E-state index in [4.69, 9.17) is 0 Å². The number of benzene rings is 3. The highest BCUT2D eigenvalue weighted by Crippen LogP contribution is 2.34. The lowest BCUT2D eigenvalue weighted by Gasteiger charge is -2.24. The Balaban J connectivity index is 1.49. The highest BCUT2D eigenvalue weighted by atomic mass is 32.2. The lowest BCUT2D eigenvalue weighted by atomic mass is 9.99. The summed E-state index contributed by atoms with van der Waals surface area (Å²) < 4.78 is 24.1. The third-order valence-corrected chi connectivity index (χ3v) is 6.54. The molecule has 0 spiro atoms. The van der Waals surface area contributed by atoms with Gasteiger partial charge in [-0.3, -0.25) is 9.54 Å². The first-order valence-electron chi connectivity index (χ1n) is 11.2. The van der Waals surface area contributed by atoms with Gasteiger partial charge in [0, 0.05) is 11.6 Å². The number of hydrogen-bond donors (Lipinski definition) is 2. The molecule has 0 aliphatic heterocycles. The van der Waals surface area contributed by atoms with Gasteiger partial charge in [-0.15, -0.1) is 0 Å². The highest BCUT2D eigenvalue weighted by molar-refractivity contribution is 7.81.